The van der Waals surface area contributed by atoms with E-state index in [1.54, 1.807) is 0 Å². The molecule has 0 saturated carbocycles. The van der Waals surface area contributed by atoms with Crippen molar-refractivity contribution in [3.05, 3.63) is 39.8 Å². The first kappa shape index (κ1) is 15.5. The highest BCUT2D eigenvalue weighted by Gasteiger charge is 2.12. The molecule has 0 spiro atoms. The molecule has 0 aliphatic heterocycles. The van der Waals surface area contributed by atoms with Gasteiger partial charge in [-0.3, -0.25) is 0 Å². The number of nitrogens with one attached hydrogen (secondary N) is 1. The highest BCUT2D eigenvalue weighted by molar-refractivity contribution is 9.10. The van der Waals surface area contributed by atoms with Gasteiger partial charge >= 0.3 is 0 Å². The SMILES string of the molecule is C=C(Cl)COc1ccc(Br)cc1C(C)NCCC. The molecule has 0 amide bonds. The van der Waals surface area contributed by atoms with E-state index in [0.717, 1.165) is 28.8 Å². The Morgan fingerprint density at radius 1 is 1.56 bits per heavy atom. The van der Waals surface area contributed by atoms with Crippen molar-refractivity contribution in [2.75, 3.05) is 13.2 Å². The molecule has 1 aromatic carbocycles. The fraction of sp³-hybridized carbons (Fsp3) is 0.429. The second kappa shape index (κ2) is 7.82. The maximum absolute atomic E-state index is 5.73. The van der Waals surface area contributed by atoms with Crippen molar-refractivity contribution in [1.82, 2.24) is 5.32 Å². The summed E-state index contributed by atoms with van der Waals surface area (Å²) in [4.78, 5) is 0. The van der Waals surface area contributed by atoms with Gasteiger partial charge in [0.2, 0.25) is 0 Å². The summed E-state index contributed by atoms with van der Waals surface area (Å²) in [6.45, 7) is 9.21. The Balaban J connectivity index is 2.84. The summed E-state index contributed by atoms with van der Waals surface area (Å²) in [5, 5.41) is 3.95. The van der Waals surface area contributed by atoms with E-state index in [1.165, 1.54) is 0 Å². The van der Waals surface area contributed by atoms with E-state index in [1.807, 2.05) is 12.1 Å². The van der Waals surface area contributed by atoms with Crippen molar-refractivity contribution in [2.24, 2.45) is 0 Å². The topological polar surface area (TPSA) is 21.3 Å². The molecule has 2 nitrogen and oxygen atoms in total. The molecule has 0 aliphatic carbocycles. The lowest BCUT2D eigenvalue weighted by molar-refractivity contribution is 0.350. The third-order valence-electron chi connectivity index (χ3n) is 2.52. The van der Waals surface area contributed by atoms with Crippen molar-refractivity contribution in [3.63, 3.8) is 0 Å². The first-order valence-electron chi connectivity index (χ1n) is 6.03. The number of hydrogen-bond acceptors (Lipinski definition) is 2. The Morgan fingerprint density at radius 2 is 2.28 bits per heavy atom. The van der Waals surface area contributed by atoms with Crippen LogP contribution in [0.5, 0.6) is 5.75 Å². The minimum absolute atomic E-state index is 0.237. The van der Waals surface area contributed by atoms with Gasteiger partial charge in [-0.2, -0.15) is 0 Å². The molecule has 0 saturated heterocycles. The van der Waals surface area contributed by atoms with Crippen LogP contribution in [0.4, 0.5) is 0 Å². The summed E-state index contributed by atoms with van der Waals surface area (Å²) >= 11 is 9.22. The standard InChI is InChI=1S/C14H19BrClNO/c1-4-7-17-11(3)13-8-12(15)5-6-14(13)18-9-10(2)16/h5-6,8,11,17H,2,4,7,9H2,1,3H3. The van der Waals surface area contributed by atoms with Crippen LogP contribution >= 0.6 is 27.5 Å². The molecular formula is C14H19BrClNO. The lowest BCUT2D eigenvalue weighted by Crippen LogP contribution is -2.20. The van der Waals surface area contributed by atoms with Crippen LogP contribution < -0.4 is 10.1 Å². The van der Waals surface area contributed by atoms with Gasteiger partial charge in [-0.05, 0) is 38.1 Å². The van der Waals surface area contributed by atoms with Crippen LogP contribution in [0.15, 0.2) is 34.3 Å². The van der Waals surface area contributed by atoms with E-state index >= 15 is 0 Å². The summed E-state index contributed by atoms with van der Waals surface area (Å²) in [5.74, 6) is 0.844. The van der Waals surface area contributed by atoms with E-state index in [2.05, 4.69) is 47.7 Å². The van der Waals surface area contributed by atoms with Crippen LogP contribution in [-0.4, -0.2) is 13.2 Å². The van der Waals surface area contributed by atoms with Crippen LogP contribution in [0, 0.1) is 0 Å². The molecule has 1 rings (SSSR count). The number of halogens is 2. The molecule has 0 aromatic heterocycles. The monoisotopic (exact) mass is 331 g/mol. The molecule has 0 radical (unpaired) electrons. The molecule has 0 fully saturated rings. The zero-order chi connectivity index (χ0) is 13.5. The zero-order valence-electron chi connectivity index (χ0n) is 10.8. The summed E-state index contributed by atoms with van der Waals surface area (Å²) in [5.41, 5.74) is 1.12. The maximum Gasteiger partial charge on any atom is 0.124 e. The molecule has 0 bridgehead atoms. The smallest absolute Gasteiger partial charge is 0.124 e. The van der Waals surface area contributed by atoms with Gasteiger partial charge in [-0.1, -0.05) is 41.0 Å². The van der Waals surface area contributed by atoms with Crippen molar-refractivity contribution in [1.29, 1.82) is 0 Å². The molecule has 4 heteroatoms. The highest BCUT2D eigenvalue weighted by Crippen LogP contribution is 2.29. The fourth-order valence-corrected chi connectivity index (χ4v) is 2.05. The summed E-state index contributed by atoms with van der Waals surface area (Å²) in [6.07, 6.45) is 1.10. The normalized spacial score (nSPS) is 12.2. The quantitative estimate of drug-likeness (QED) is 0.785. The molecule has 1 aromatic rings. The van der Waals surface area contributed by atoms with Crippen LogP contribution in [0.1, 0.15) is 31.9 Å². The Bertz CT molecular complexity index is 409. The molecule has 100 valence electrons. The fourth-order valence-electron chi connectivity index (χ4n) is 1.62. The molecule has 0 aliphatic rings. The van der Waals surface area contributed by atoms with Gasteiger partial charge in [0.25, 0.3) is 0 Å². The minimum Gasteiger partial charge on any atom is -0.488 e. The molecule has 1 N–H and O–H groups in total. The largest absolute Gasteiger partial charge is 0.488 e. The van der Waals surface area contributed by atoms with Gasteiger partial charge in [0, 0.05) is 21.1 Å². The van der Waals surface area contributed by atoms with E-state index in [4.69, 9.17) is 16.3 Å². The second-order valence-electron chi connectivity index (χ2n) is 4.16. The van der Waals surface area contributed by atoms with Crippen LogP contribution in [0.2, 0.25) is 0 Å². The zero-order valence-corrected chi connectivity index (χ0v) is 13.1. The summed E-state index contributed by atoms with van der Waals surface area (Å²) in [6, 6.07) is 6.21. The third kappa shape index (κ3) is 5.01. The average molecular weight is 333 g/mol. The van der Waals surface area contributed by atoms with Gasteiger partial charge in [0.05, 0.1) is 0 Å². The van der Waals surface area contributed by atoms with Crippen LogP contribution in [0.25, 0.3) is 0 Å². The van der Waals surface area contributed by atoms with E-state index < -0.39 is 0 Å². The third-order valence-corrected chi connectivity index (χ3v) is 3.13. The minimum atomic E-state index is 0.237. The van der Waals surface area contributed by atoms with Crippen molar-refractivity contribution in [2.45, 2.75) is 26.3 Å². The van der Waals surface area contributed by atoms with Crippen LogP contribution in [0.3, 0.4) is 0 Å². The Morgan fingerprint density at radius 3 is 2.89 bits per heavy atom. The maximum atomic E-state index is 5.73. The molecular weight excluding hydrogens is 314 g/mol. The first-order valence-corrected chi connectivity index (χ1v) is 7.20. The number of hydrogen-bond donors (Lipinski definition) is 1. The van der Waals surface area contributed by atoms with Crippen molar-refractivity contribution >= 4 is 27.5 Å². The molecule has 1 unspecified atom stereocenters. The Labute approximate surface area is 122 Å². The summed E-state index contributed by atoms with van der Waals surface area (Å²) < 4.78 is 6.70. The van der Waals surface area contributed by atoms with Crippen LogP contribution in [-0.2, 0) is 0 Å². The van der Waals surface area contributed by atoms with Gasteiger partial charge in [0.1, 0.15) is 12.4 Å². The molecule has 1 atom stereocenters. The van der Waals surface area contributed by atoms with Crippen molar-refractivity contribution < 1.29 is 4.74 Å². The predicted molar refractivity (Wildman–Crippen MR) is 81.3 cm³/mol. The first-order chi connectivity index (χ1) is 8.54. The average Bonchev–Trinajstić information content (AvgIpc) is 2.34. The van der Waals surface area contributed by atoms with Gasteiger partial charge in [-0.15, -0.1) is 0 Å². The number of benzene rings is 1. The Hall–Kier alpha value is -0.510. The number of rotatable bonds is 7. The Kier molecular flexibility index (Phi) is 6.76. The summed E-state index contributed by atoms with van der Waals surface area (Å²) in [7, 11) is 0. The van der Waals surface area contributed by atoms with Gasteiger partial charge in [0.15, 0.2) is 0 Å². The van der Waals surface area contributed by atoms with E-state index in [-0.39, 0.29) is 6.04 Å². The molecule has 0 heterocycles. The van der Waals surface area contributed by atoms with E-state index in [9.17, 15) is 0 Å². The molecule has 18 heavy (non-hydrogen) atoms. The van der Waals surface area contributed by atoms with Crippen molar-refractivity contribution in [3.8, 4) is 5.75 Å². The second-order valence-corrected chi connectivity index (χ2v) is 5.61. The van der Waals surface area contributed by atoms with E-state index in [0.29, 0.717) is 11.6 Å². The lowest BCUT2D eigenvalue weighted by Gasteiger charge is -2.18. The highest BCUT2D eigenvalue weighted by atomic mass is 79.9. The predicted octanol–water partition coefficient (Wildman–Crippen LogP) is 4.64. The number of ether oxygens (including phenoxy) is 1. The van der Waals surface area contributed by atoms with Gasteiger partial charge in [-0.25, -0.2) is 0 Å². The lowest BCUT2D eigenvalue weighted by atomic mass is 10.1. The van der Waals surface area contributed by atoms with Gasteiger partial charge < -0.3 is 10.1 Å².